The third-order valence-electron chi connectivity index (χ3n) is 2.90. The first-order chi connectivity index (χ1) is 8.93. The molecule has 0 aliphatic heterocycles. The Balaban J connectivity index is 0.00000133. The Hall–Kier alpha value is -2.19. The summed E-state index contributed by atoms with van der Waals surface area (Å²) in [4.78, 5) is 4.03. The predicted octanol–water partition coefficient (Wildman–Crippen LogP) is 3.45. The largest absolute Gasteiger partial charge is 0.265 e. The number of hydrogen-bond donors (Lipinski definition) is 0. The van der Waals surface area contributed by atoms with E-state index in [1.54, 1.807) is 0 Å². The van der Waals surface area contributed by atoms with Crippen molar-refractivity contribution >= 4 is 12.4 Å². The molecule has 3 heteroatoms. The molecule has 0 bridgehead atoms. The highest BCUT2D eigenvalue weighted by atomic mass is 35.5. The van der Waals surface area contributed by atoms with Crippen LogP contribution in [0.2, 0.25) is 0 Å². The number of benzene rings is 1. The predicted molar refractivity (Wildman–Crippen MR) is 78.5 cm³/mol. The Labute approximate surface area is 118 Å². The number of para-hydroxylation sites is 1. The van der Waals surface area contributed by atoms with Crippen molar-refractivity contribution in [3.63, 3.8) is 0 Å². The van der Waals surface area contributed by atoms with Crippen molar-refractivity contribution in [2.24, 2.45) is 0 Å². The lowest BCUT2D eigenvalue weighted by Gasteiger charge is -2.00. The van der Waals surface area contributed by atoms with Gasteiger partial charge in [-0.2, -0.15) is 4.57 Å². The molecule has 0 aliphatic carbocycles. The van der Waals surface area contributed by atoms with E-state index in [2.05, 4.69) is 46.2 Å². The van der Waals surface area contributed by atoms with Gasteiger partial charge in [-0.1, -0.05) is 18.2 Å². The lowest BCUT2D eigenvalue weighted by molar-refractivity contribution is -0.595. The van der Waals surface area contributed by atoms with Crippen molar-refractivity contribution in [1.82, 2.24) is 4.98 Å². The zero-order valence-electron chi connectivity index (χ0n) is 10.3. The van der Waals surface area contributed by atoms with Crippen LogP contribution in [0.1, 0.15) is 0 Å². The molecule has 0 radical (unpaired) electrons. The van der Waals surface area contributed by atoms with E-state index in [-0.39, 0.29) is 12.4 Å². The summed E-state index contributed by atoms with van der Waals surface area (Å²) >= 11 is 0. The Morgan fingerprint density at radius 3 is 1.89 bits per heavy atom. The SMILES string of the molecule is Cl.c1ccc(-[n+]2ccc(-c3ccncc3)cc2)cc1. The normalized spacial score (nSPS) is 9.68. The summed E-state index contributed by atoms with van der Waals surface area (Å²) in [5.74, 6) is 0. The monoisotopic (exact) mass is 269 g/mol. The number of aromatic nitrogens is 2. The Morgan fingerprint density at radius 2 is 1.26 bits per heavy atom. The molecule has 19 heavy (non-hydrogen) atoms. The standard InChI is InChI=1S/C16H13N2.ClH/c1-2-4-16(5-3-1)18-12-8-15(9-13-18)14-6-10-17-11-7-14;/h1-13H;1H/q+1;. The van der Waals surface area contributed by atoms with E-state index in [1.165, 1.54) is 16.8 Å². The van der Waals surface area contributed by atoms with Gasteiger partial charge < -0.3 is 0 Å². The average molecular weight is 270 g/mol. The summed E-state index contributed by atoms with van der Waals surface area (Å²) in [7, 11) is 0. The fourth-order valence-electron chi connectivity index (χ4n) is 1.94. The summed E-state index contributed by atoms with van der Waals surface area (Å²) in [6.45, 7) is 0. The van der Waals surface area contributed by atoms with Crippen molar-refractivity contribution in [2.75, 3.05) is 0 Å². The summed E-state index contributed by atoms with van der Waals surface area (Å²) in [5.41, 5.74) is 3.55. The minimum atomic E-state index is 0. The fraction of sp³-hybridized carbons (Fsp3) is 0. The third-order valence-corrected chi connectivity index (χ3v) is 2.90. The third kappa shape index (κ3) is 2.98. The van der Waals surface area contributed by atoms with E-state index < -0.39 is 0 Å². The van der Waals surface area contributed by atoms with Gasteiger partial charge in [0, 0.05) is 36.7 Å². The van der Waals surface area contributed by atoms with Gasteiger partial charge >= 0.3 is 0 Å². The van der Waals surface area contributed by atoms with Crippen LogP contribution >= 0.6 is 12.4 Å². The van der Waals surface area contributed by atoms with Gasteiger partial charge in [-0.3, -0.25) is 4.98 Å². The van der Waals surface area contributed by atoms with Crippen LogP contribution in [0.3, 0.4) is 0 Å². The second-order valence-electron chi connectivity index (χ2n) is 4.07. The van der Waals surface area contributed by atoms with E-state index >= 15 is 0 Å². The molecule has 3 aromatic rings. The van der Waals surface area contributed by atoms with Crippen LogP contribution in [0.4, 0.5) is 0 Å². The van der Waals surface area contributed by atoms with Gasteiger partial charge in [0.1, 0.15) is 0 Å². The highest BCUT2D eigenvalue weighted by molar-refractivity contribution is 5.85. The molecule has 0 fully saturated rings. The van der Waals surface area contributed by atoms with E-state index in [1.807, 2.05) is 42.7 Å². The van der Waals surface area contributed by atoms with Crippen molar-refractivity contribution in [3.05, 3.63) is 79.4 Å². The second kappa shape index (κ2) is 6.12. The van der Waals surface area contributed by atoms with Crippen LogP contribution in [0.25, 0.3) is 16.8 Å². The lowest BCUT2D eigenvalue weighted by atomic mass is 10.1. The van der Waals surface area contributed by atoms with Gasteiger partial charge in [0.2, 0.25) is 5.69 Å². The molecule has 0 spiro atoms. The minimum Gasteiger partial charge on any atom is -0.265 e. The first-order valence-electron chi connectivity index (χ1n) is 5.91. The average Bonchev–Trinajstić information content (AvgIpc) is 2.49. The molecule has 0 N–H and O–H groups in total. The fourth-order valence-corrected chi connectivity index (χ4v) is 1.94. The molecular formula is C16H14ClN2+. The maximum atomic E-state index is 4.03. The van der Waals surface area contributed by atoms with Crippen molar-refractivity contribution in [3.8, 4) is 16.8 Å². The second-order valence-corrected chi connectivity index (χ2v) is 4.07. The number of halogens is 1. The maximum absolute atomic E-state index is 4.03. The van der Waals surface area contributed by atoms with Crippen LogP contribution in [-0.4, -0.2) is 4.98 Å². The van der Waals surface area contributed by atoms with Crippen LogP contribution < -0.4 is 4.57 Å². The zero-order chi connectivity index (χ0) is 12.2. The molecule has 2 nitrogen and oxygen atoms in total. The quantitative estimate of drug-likeness (QED) is 0.651. The topological polar surface area (TPSA) is 16.8 Å². The molecule has 0 saturated carbocycles. The molecule has 0 aliphatic rings. The minimum absolute atomic E-state index is 0. The van der Waals surface area contributed by atoms with Crippen molar-refractivity contribution in [2.45, 2.75) is 0 Å². The molecule has 0 unspecified atom stereocenters. The molecular weight excluding hydrogens is 256 g/mol. The first kappa shape index (κ1) is 13.2. The van der Waals surface area contributed by atoms with E-state index in [0.717, 1.165) is 0 Å². The van der Waals surface area contributed by atoms with Crippen LogP contribution in [0.15, 0.2) is 79.4 Å². The van der Waals surface area contributed by atoms with Crippen molar-refractivity contribution < 1.29 is 4.57 Å². The molecule has 3 rings (SSSR count). The Kier molecular flexibility index (Phi) is 4.26. The lowest BCUT2D eigenvalue weighted by Crippen LogP contribution is -2.28. The summed E-state index contributed by atoms with van der Waals surface area (Å²) in [6, 6.07) is 18.5. The highest BCUT2D eigenvalue weighted by Crippen LogP contribution is 2.16. The van der Waals surface area contributed by atoms with E-state index in [9.17, 15) is 0 Å². The van der Waals surface area contributed by atoms with Gasteiger partial charge in [0.05, 0.1) is 0 Å². The van der Waals surface area contributed by atoms with Crippen molar-refractivity contribution in [1.29, 1.82) is 0 Å². The van der Waals surface area contributed by atoms with Crippen LogP contribution in [0, 0.1) is 0 Å². The molecule has 94 valence electrons. The summed E-state index contributed by atoms with van der Waals surface area (Å²) in [6.07, 6.45) is 7.78. The molecule has 2 aromatic heterocycles. The van der Waals surface area contributed by atoms with Gasteiger partial charge in [-0.05, 0) is 23.3 Å². The molecule has 0 atom stereocenters. The Bertz CT molecular complexity index is 563. The van der Waals surface area contributed by atoms with Gasteiger partial charge in [-0.15, -0.1) is 12.4 Å². The molecule has 0 saturated heterocycles. The Morgan fingerprint density at radius 1 is 0.684 bits per heavy atom. The summed E-state index contributed by atoms with van der Waals surface area (Å²) in [5, 5.41) is 0. The van der Waals surface area contributed by atoms with Crippen LogP contribution in [0.5, 0.6) is 0 Å². The maximum Gasteiger partial charge on any atom is 0.210 e. The van der Waals surface area contributed by atoms with Gasteiger partial charge in [0.15, 0.2) is 12.4 Å². The number of hydrogen-bond acceptors (Lipinski definition) is 1. The van der Waals surface area contributed by atoms with Gasteiger partial charge in [-0.25, -0.2) is 0 Å². The zero-order valence-corrected chi connectivity index (χ0v) is 11.1. The first-order valence-corrected chi connectivity index (χ1v) is 5.91. The molecule has 2 heterocycles. The number of nitrogens with zero attached hydrogens (tertiary/aromatic N) is 2. The molecule has 0 amide bonds. The molecule has 1 aromatic carbocycles. The smallest absolute Gasteiger partial charge is 0.210 e. The highest BCUT2D eigenvalue weighted by Gasteiger charge is 2.04. The van der Waals surface area contributed by atoms with E-state index in [0.29, 0.717) is 0 Å². The van der Waals surface area contributed by atoms with Crippen LogP contribution in [-0.2, 0) is 0 Å². The van der Waals surface area contributed by atoms with E-state index in [4.69, 9.17) is 0 Å². The number of rotatable bonds is 2. The van der Waals surface area contributed by atoms with Gasteiger partial charge in [0.25, 0.3) is 0 Å². The number of pyridine rings is 2. The summed E-state index contributed by atoms with van der Waals surface area (Å²) < 4.78 is 2.10.